The van der Waals surface area contributed by atoms with Crippen molar-refractivity contribution in [3.05, 3.63) is 30.1 Å². The average molecular weight is 248 g/mol. The number of nitrogens with one attached hydrogen (secondary N) is 1. The number of nitrogens with zero attached hydrogens (tertiary/aromatic N) is 1. The van der Waals surface area contributed by atoms with Gasteiger partial charge in [-0.05, 0) is 42.9 Å². The topological polar surface area (TPSA) is 51.2 Å². The third kappa shape index (κ3) is 4.45. The van der Waals surface area contributed by atoms with E-state index in [1.54, 1.807) is 12.4 Å². The predicted octanol–water partition coefficient (Wildman–Crippen LogP) is 1.90. The summed E-state index contributed by atoms with van der Waals surface area (Å²) in [6.07, 6.45) is 7.27. The fourth-order valence-corrected chi connectivity index (χ4v) is 2.16. The molecule has 1 aromatic rings. The van der Waals surface area contributed by atoms with E-state index in [9.17, 15) is 4.79 Å². The molecule has 1 aliphatic rings. The molecule has 2 heterocycles. The Morgan fingerprint density at radius 1 is 1.33 bits per heavy atom. The molecule has 1 aromatic heterocycles. The lowest BCUT2D eigenvalue weighted by atomic mass is 9.95. The second-order valence-electron chi connectivity index (χ2n) is 4.73. The van der Waals surface area contributed by atoms with Crippen LogP contribution in [-0.2, 0) is 16.1 Å². The predicted molar refractivity (Wildman–Crippen MR) is 68.9 cm³/mol. The highest BCUT2D eigenvalue weighted by molar-refractivity contribution is 5.75. The summed E-state index contributed by atoms with van der Waals surface area (Å²) in [6, 6.07) is 3.83. The number of rotatable bonds is 5. The minimum Gasteiger partial charge on any atom is -0.381 e. The summed E-state index contributed by atoms with van der Waals surface area (Å²) < 4.78 is 5.31. The van der Waals surface area contributed by atoms with E-state index in [-0.39, 0.29) is 5.91 Å². The largest absolute Gasteiger partial charge is 0.381 e. The van der Waals surface area contributed by atoms with Crippen LogP contribution in [-0.4, -0.2) is 24.1 Å². The van der Waals surface area contributed by atoms with Crippen molar-refractivity contribution in [2.45, 2.75) is 32.2 Å². The van der Waals surface area contributed by atoms with E-state index in [0.717, 1.165) is 38.0 Å². The van der Waals surface area contributed by atoms with Crippen LogP contribution in [0.15, 0.2) is 24.5 Å². The number of carbonyl (C=O) groups excluding carboxylic acids is 1. The summed E-state index contributed by atoms with van der Waals surface area (Å²) in [5.41, 5.74) is 1.09. The SMILES string of the molecule is O=C(CCC1CCOCC1)NCc1ccncc1. The second kappa shape index (κ2) is 7.11. The van der Waals surface area contributed by atoms with Crippen LogP contribution in [0.25, 0.3) is 0 Å². The number of carbonyl (C=O) groups is 1. The van der Waals surface area contributed by atoms with Gasteiger partial charge in [-0.3, -0.25) is 9.78 Å². The molecular weight excluding hydrogens is 228 g/mol. The molecule has 4 heteroatoms. The first-order valence-corrected chi connectivity index (χ1v) is 6.58. The lowest BCUT2D eigenvalue weighted by molar-refractivity contribution is -0.121. The van der Waals surface area contributed by atoms with E-state index >= 15 is 0 Å². The maximum atomic E-state index is 11.7. The summed E-state index contributed by atoms with van der Waals surface area (Å²) in [5, 5.41) is 2.94. The first kappa shape index (κ1) is 13.0. The molecule has 4 nitrogen and oxygen atoms in total. The van der Waals surface area contributed by atoms with Crippen LogP contribution in [0.2, 0.25) is 0 Å². The third-order valence-electron chi connectivity index (χ3n) is 3.36. The van der Waals surface area contributed by atoms with E-state index in [1.165, 1.54) is 0 Å². The number of hydrogen-bond donors (Lipinski definition) is 1. The molecule has 2 rings (SSSR count). The number of amides is 1. The summed E-state index contributed by atoms with van der Waals surface area (Å²) in [7, 11) is 0. The van der Waals surface area contributed by atoms with Crippen molar-refractivity contribution < 1.29 is 9.53 Å². The minimum atomic E-state index is 0.137. The molecule has 0 atom stereocenters. The Balaban J connectivity index is 1.63. The van der Waals surface area contributed by atoms with E-state index in [1.807, 2.05) is 12.1 Å². The number of ether oxygens (including phenoxy) is 1. The van der Waals surface area contributed by atoms with E-state index < -0.39 is 0 Å². The lowest BCUT2D eigenvalue weighted by Gasteiger charge is -2.21. The molecule has 0 aliphatic carbocycles. The van der Waals surface area contributed by atoms with Crippen LogP contribution in [0.4, 0.5) is 0 Å². The van der Waals surface area contributed by atoms with Crippen molar-refractivity contribution in [3.8, 4) is 0 Å². The summed E-state index contributed by atoms with van der Waals surface area (Å²) in [5.74, 6) is 0.795. The Bertz CT molecular complexity index is 361. The van der Waals surface area contributed by atoms with Gasteiger partial charge in [0.2, 0.25) is 5.91 Å². The van der Waals surface area contributed by atoms with Gasteiger partial charge in [0.1, 0.15) is 0 Å². The summed E-state index contributed by atoms with van der Waals surface area (Å²) in [6.45, 7) is 2.29. The Morgan fingerprint density at radius 2 is 2.06 bits per heavy atom. The van der Waals surface area contributed by atoms with E-state index in [2.05, 4.69) is 10.3 Å². The van der Waals surface area contributed by atoms with Crippen molar-refractivity contribution in [1.82, 2.24) is 10.3 Å². The Labute approximate surface area is 108 Å². The molecule has 0 bridgehead atoms. The highest BCUT2D eigenvalue weighted by atomic mass is 16.5. The fourth-order valence-electron chi connectivity index (χ4n) is 2.16. The smallest absolute Gasteiger partial charge is 0.220 e. The summed E-state index contributed by atoms with van der Waals surface area (Å²) in [4.78, 5) is 15.6. The number of aromatic nitrogens is 1. The first-order valence-electron chi connectivity index (χ1n) is 6.58. The van der Waals surface area contributed by atoms with Crippen LogP contribution < -0.4 is 5.32 Å². The van der Waals surface area contributed by atoms with Gasteiger partial charge >= 0.3 is 0 Å². The van der Waals surface area contributed by atoms with Crippen molar-refractivity contribution in [2.24, 2.45) is 5.92 Å². The van der Waals surface area contributed by atoms with Crippen LogP contribution >= 0.6 is 0 Å². The molecule has 1 saturated heterocycles. The highest BCUT2D eigenvalue weighted by Gasteiger charge is 2.14. The Morgan fingerprint density at radius 3 is 2.78 bits per heavy atom. The van der Waals surface area contributed by atoms with Gasteiger partial charge in [0, 0.05) is 38.6 Å². The van der Waals surface area contributed by atoms with Crippen molar-refractivity contribution in [1.29, 1.82) is 0 Å². The molecule has 0 radical (unpaired) electrons. The van der Waals surface area contributed by atoms with Crippen LogP contribution in [0.3, 0.4) is 0 Å². The molecule has 0 spiro atoms. The molecule has 18 heavy (non-hydrogen) atoms. The molecule has 0 saturated carbocycles. The Kier molecular flexibility index (Phi) is 5.15. The molecule has 0 aromatic carbocycles. The molecule has 1 N–H and O–H groups in total. The van der Waals surface area contributed by atoms with Gasteiger partial charge in [-0.1, -0.05) is 0 Å². The highest BCUT2D eigenvalue weighted by Crippen LogP contribution is 2.19. The zero-order chi connectivity index (χ0) is 12.6. The van der Waals surface area contributed by atoms with Gasteiger partial charge in [-0.25, -0.2) is 0 Å². The average Bonchev–Trinajstić information content (AvgIpc) is 2.45. The molecule has 98 valence electrons. The zero-order valence-corrected chi connectivity index (χ0v) is 10.6. The first-order chi connectivity index (χ1) is 8.84. The quantitative estimate of drug-likeness (QED) is 0.866. The van der Waals surface area contributed by atoms with Crippen molar-refractivity contribution in [3.63, 3.8) is 0 Å². The number of hydrogen-bond acceptors (Lipinski definition) is 3. The molecule has 1 fully saturated rings. The number of pyridine rings is 1. The molecule has 1 aliphatic heterocycles. The van der Waals surface area contributed by atoms with Crippen LogP contribution in [0.5, 0.6) is 0 Å². The minimum absolute atomic E-state index is 0.137. The van der Waals surface area contributed by atoms with Crippen molar-refractivity contribution in [2.75, 3.05) is 13.2 Å². The zero-order valence-electron chi connectivity index (χ0n) is 10.6. The third-order valence-corrected chi connectivity index (χ3v) is 3.36. The maximum Gasteiger partial charge on any atom is 0.220 e. The van der Waals surface area contributed by atoms with Gasteiger partial charge in [0.05, 0.1) is 0 Å². The van der Waals surface area contributed by atoms with Gasteiger partial charge in [0.25, 0.3) is 0 Å². The molecule has 1 amide bonds. The normalized spacial score (nSPS) is 16.4. The van der Waals surface area contributed by atoms with E-state index in [4.69, 9.17) is 4.74 Å². The lowest BCUT2D eigenvalue weighted by Crippen LogP contribution is -2.24. The summed E-state index contributed by atoms with van der Waals surface area (Å²) >= 11 is 0. The van der Waals surface area contributed by atoms with Crippen molar-refractivity contribution >= 4 is 5.91 Å². The monoisotopic (exact) mass is 248 g/mol. The van der Waals surface area contributed by atoms with Gasteiger partial charge in [-0.15, -0.1) is 0 Å². The van der Waals surface area contributed by atoms with Gasteiger partial charge in [-0.2, -0.15) is 0 Å². The fraction of sp³-hybridized carbons (Fsp3) is 0.571. The van der Waals surface area contributed by atoms with Crippen LogP contribution in [0, 0.1) is 5.92 Å². The van der Waals surface area contributed by atoms with Crippen LogP contribution in [0.1, 0.15) is 31.2 Å². The maximum absolute atomic E-state index is 11.7. The molecule has 0 unspecified atom stereocenters. The molecular formula is C14H20N2O2. The van der Waals surface area contributed by atoms with Gasteiger partial charge < -0.3 is 10.1 Å². The standard InChI is InChI=1S/C14H20N2O2/c17-14(2-1-12-5-9-18-10-6-12)16-11-13-3-7-15-8-4-13/h3-4,7-8,12H,1-2,5-6,9-11H2,(H,16,17). The Hall–Kier alpha value is -1.42. The second-order valence-corrected chi connectivity index (χ2v) is 4.73. The van der Waals surface area contributed by atoms with E-state index in [0.29, 0.717) is 18.9 Å². The van der Waals surface area contributed by atoms with Gasteiger partial charge in [0.15, 0.2) is 0 Å².